The molecule has 0 radical (unpaired) electrons. The van der Waals surface area contributed by atoms with Gasteiger partial charge in [0.1, 0.15) is 23.2 Å². The lowest BCUT2D eigenvalue weighted by Gasteiger charge is -2.27. The molecule has 0 aliphatic carbocycles. The van der Waals surface area contributed by atoms with Crippen LogP contribution in [0.25, 0.3) is 0 Å². The molecule has 4 aromatic carbocycles. The van der Waals surface area contributed by atoms with E-state index in [0.717, 1.165) is 6.16 Å². The van der Waals surface area contributed by atoms with Crippen LogP contribution in [0.4, 0.5) is 0 Å². The summed E-state index contributed by atoms with van der Waals surface area (Å²) in [5, 5.41) is 4.30. The fourth-order valence-electron chi connectivity index (χ4n) is 3.74. The van der Waals surface area contributed by atoms with E-state index in [1.54, 1.807) is 0 Å². The van der Waals surface area contributed by atoms with Crippen molar-refractivity contribution in [2.75, 3.05) is 0 Å². The van der Waals surface area contributed by atoms with Crippen LogP contribution in [0, 0.1) is 17.2 Å². The maximum atomic E-state index is 8.49. The predicted octanol–water partition coefficient (Wildman–Crippen LogP) is 0.733. The second-order valence-corrected chi connectivity index (χ2v) is 11.6. The topological polar surface area (TPSA) is 92.2 Å². The van der Waals surface area contributed by atoms with Gasteiger partial charge in [0.25, 0.3) is 0 Å². The van der Waals surface area contributed by atoms with E-state index in [-0.39, 0.29) is 0 Å². The van der Waals surface area contributed by atoms with E-state index in [1.165, 1.54) is 27.0 Å². The van der Waals surface area contributed by atoms with Gasteiger partial charge in [-0.1, -0.05) is 84.4 Å². The van der Waals surface area contributed by atoms with Gasteiger partial charge in [-0.2, -0.15) is 0 Å². The zero-order valence-electron chi connectivity index (χ0n) is 17.6. The normalized spacial score (nSPS) is 11.4. The maximum Gasteiger partial charge on any atom is 0.116 e. The summed E-state index contributed by atoms with van der Waals surface area (Å²) in [5.41, 5.74) is 2.70. The second kappa shape index (κ2) is 10.8. The Bertz CT molecular complexity index is 981. The maximum absolute atomic E-state index is 8.49. The predicted molar refractivity (Wildman–Crippen MR) is 120 cm³/mol. The van der Waals surface area contributed by atoms with Crippen LogP contribution >= 0.6 is 7.26 Å². The number of hydrogen-bond donors (Lipinski definition) is 0. The van der Waals surface area contributed by atoms with E-state index in [2.05, 4.69) is 122 Å². The summed E-state index contributed by atoms with van der Waals surface area (Å²) < 4.78 is 34.0. The van der Waals surface area contributed by atoms with E-state index >= 15 is 0 Å². The Balaban J connectivity index is 0.000000523. The van der Waals surface area contributed by atoms with Gasteiger partial charge in [-0.3, -0.25) is 0 Å². The average molecular weight is 467 g/mol. The fourth-order valence-corrected chi connectivity index (χ4v) is 7.98. The molecule has 0 unspecified atom stereocenters. The van der Waals surface area contributed by atoms with Gasteiger partial charge in [0.05, 0.1) is 6.16 Å². The molecular formula is C26H24ClO4P. The van der Waals surface area contributed by atoms with Gasteiger partial charge in [-0.25, -0.2) is 18.6 Å². The molecule has 0 fully saturated rings. The van der Waals surface area contributed by atoms with E-state index in [0.29, 0.717) is 0 Å². The molecule has 0 atom stereocenters. The van der Waals surface area contributed by atoms with E-state index in [4.69, 9.17) is 18.6 Å². The molecule has 0 aliphatic heterocycles. The smallest absolute Gasteiger partial charge is 0.116 e. The fraction of sp³-hybridized carbons (Fsp3) is 0.0769. The molecule has 32 heavy (non-hydrogen) atoms. The summed E-state index contributed by atoms with van der Waals surface area (Å²) in [7, 11) is -6.73. The van der Waals surface area contributed by atoms with Crippen molar-refractivity contribution in [1.82, 2.24) is 0 Å². The van der Waals surface area contributed by atoms with Crippen molar-refractivity contribution in [1.29, 1.82) is 0 Å². The van der Waals surface area contributed by atoms with Crippen LogP contribution in [-0.2, 0) is 6.16 Å². The van der Waals surface area contributed by atoms with Crippen molar-refractivity contribution in [3.63, 3.8) is 0 Å². The number of benzene rings is 4. The van der Waals surface area contributed by atoms with Crippen LogP contribution in [0.3, 0.4) is 0 Å². The molecule has 0 N–H and O–H groups in total. The van der Waals surface area contributed by atoms with Gasteiger partial charge in [0.2, 0.25) is 0 Å². The highest BCUT2D eigenvalue weighted by molar-refractivity contribution is 7.95. The third-order valence-electron chi connectivity index (χ3n) is 5.13. The Labute approximate surface area is 191 Å². The second-order valence-electron chi connectivity index (χ2n) is 7.34. The van der Waals surface area contributed by atoms with Gasteiger partial charge in [0.15, 0.2) is 0 Å². The van der Waals surface area contributed by atoms with Crippen molar-refractivity contribution < 1.29 is 28.9 Å². The first kappa shape index (κ1) is 24.1. The lowest BCUT2D eigenvalue weighted by molar-refractivity contribution is -2.00. The molecule has 0 amide bonds. The van der Waals surface area contributed by atoms with Crippen LogP contribution < -0.4 is 34.5 Å². The highest BCUT2D eigenvalue weighted by atomic mass is 35.7. The van der Waals surface area contributed by atoms with Gasteiger partial charge in [0, 0.05) is 0 Å². The van der Waals surface area contributed by atoms with E-state index < -0.39 is 17.5 Å². The number of halogens is 1. The third-order valence-corrected chi connectivity index (χ3v) is 9.51. The van der Waals surface area contributed by atoms with Crippen LogP contribution in [0.15, 0.2) is 115 Å². The largest absolute Gasteiger partial charge is 0.222 e. The molecule has 164 valence electrons. The van der Waals surface area contributed by atoms with E-state index in [1.807, 2.05) is 0 Å². The number of hydrogen-bond acceptors (Lipinski definition) is 4. The first-order valence-corrected chi connectivity index (χ1v) is 13.2. The van der Waals surface area contributed by atoms with Crippen molar-refractivity contribution in [2.45, 2.75) is 13.1 Å². The summed E-state index contributed by atoms with van der Waals surface area (Å²) in [5.74, 6) is 0. The number of aryl methyl sites for hydroxylation is 1. The van der Waals surface area contributed by atoms with Crippen molar-refractivity contribution in [2.24, 2.45) is 0 Å². The van der Waals surface area contributed by atoms with Gasteiger partial charge in [-0.15, -0.1) is 10.2 Å². The summed E-state index contributed by atoms with van der Waals surface area (Å²) in [6, 6.07) is 42.2. The summed E-state index contributed by atoms with van der Waals surface area (Å²) in [6.07, 6.45) is 1.03. The molecule has 0 aliphatic rings. The lowest BCUT2D eigenvalue weighted by Crippen LogP contribution is -2.68. The minimum absolute atomic E-state index is 1.03. The van der Waals surface area contributed by atoms with Gasteiger partial charge in [-0.05, 0) is 48.9 Å². The highest BCUT2D eigenvalue weighted by Gasteiger charge is 2.45. The van der Waals surface area contributed by atoms with Crippen LogP contribution in [-0.4, -0.2) is 0 Å². The molecule has 4 rings (SSSR count). The quantitative estimate of drug-likeness (QED) is 0.405. The zero-order chi connectivity index (χ0) is 23.0. The molecule has 0 aromatic heterocycles. The molecule has 0 saturated heterocycles. The lowest BCUT2D eigenvalue weighted by atomic mass is 10.2. The molecule has 4 nitrogen and oxygen atoms in total. The summed E-state index contributed by atoms with van der Waals surface area (Å²) in [6.45, 7) is 2.15. The van der Waals surface area contributed by atoms with Crippen molar-refractivity contribution >= 4 is 23.2 Å². The third kappa shape index (κ3) is 6.47. The minimum atomic E-state index is -4.94. The first-order valence-electron chi connectivity index (χ1n) is 10.0. The molecular weight excluding hydrogens is 443 g/mol. The van der Waals surface area contributed by atoms with Crippen molar-refractivity contribution in [3.8, 4) is 0 Å². The molecule has 0 heterocycles. The van der Waals surface area contributed by atoms with Crippen LogP contribution in [0.2, 0.25) is 0 Å². The summed E-state index contributed by atoms with van der Waals surface area (Å²) >= 11 is 0. The molecule has 0 spiro atoms. The Kier molecular flexibility index (Phi) is 8.16. The van der Waals surface area contributed by atoms with Crippen LogP contribution in [0.1, 0.15) is 11.1 Å². The Morgan fingerprint density at radius 1 is 0.531 bits per heavy atom. The Morgan fingerprint density at radius 3 is 1.16 bits per heavy atom. The first-order chi connectivity index (χ1) is 15.3. The molecule has 6 heteroatoms. The minimum Gasteiger partial charge on any atom is -0.222 e. The highest BCUT2D eigenvalue weighted by Crippen LogP contribution is 2.58. The molecule has 4 aromatic rings. The monoisotopic (exact) mass is 466 g/mol. The molecule has 0 saturated carbocycles. The van der Waals surface area contributed by atoms with Crippen LogP contribution in [0.5, 0.6) is 0 Å². The SMILES string of the molecule is Cc1ccc(C[P+](c2ccccc2)(c2ccccc2)c2ccccc2)cc1.[O-][Cl+3]([O-])([O-])[O-]. The Hall–Kier alpha value is -2.56. The van der Waals surface area contributed by atoms with E-state index in [9.17, 15) is 0 Å². The average Bonchev–Trinajstić information content (AvgIpc) is 2.79. The summed E-state index contributed by atoms with van der Waals surface area (Å²) in [4.78, 5) is 0. The molecule has 0 bridgehead atoms. The number of rotatable bonds is 5. The zero-order valence-corrected chi connectivity index (χ0v) is 19.3. The Morgan fingerprint density at radius 2 is 0.844 bits per heavy atom. The van der Waals surface area contributed by atoms with Gasteiger partial charge < -0.3 is 0 Å². The van der Waals surface area contributed by atoms with Crippen molar-refractivity contribution in [3.05, 3.63) is 126 Å². The van der Waals surface area contributed by atoms with Gasteiger partial charge >= 0.3 is 0 Å². The standard InChI is InChI=1S/C26H24P.ClHO4/c1-22-17-19-23(20-18-22)21-27(24-11-5-2-6-12-24,25-13-7-3-8-14-25)26-15-9-4-10-16-26;2-1(3,4)5/h2-20H,21H2,1H3;(H,2,3,4,5)/q+1;/p-1.